The predicted molar refractivity (Wildman–Crippen MR) is 56.7 cm³/mol. The minimum atomic E-state index is -1.06. The number of carbonyl (C=O) groups is 2. The monoisotopic (exact) mass is 209 g/mol. The molecule has 1 aliphatic heterocycles. The Morgan fingerprint density at radius 3 is 2.67 bits per heavy atom. The minimum Gasteiger partial charge on any atom is -0.448 e. The number of hydrogen-bond donors (Lipinski definition) is 0. The molecule has 0 spiro atoms. The van der Waals surface area contributed by atoms with Gasteiger partial charge in [0.05, 0.1) is 11.3 Å². The molecule has 82 valence electrons. The molecule has 4 nitrogen and oxygen atoms in total. The van der Waals surface area contributed by atoms with E-state index in [1.807, 2.05) is 0 Å². The van der Waals surface area contributed by atoms with E-state index in [1.165, 1.54) is 6.92 Å². The highest BCUT2D eigenvalue weighted by molar-refractivity contribution is 5.95. The van der Waals surface area contributed by atoms with Gasteiger partial charge in [0, 0.05) is 12.6 Å². The molecular weight excluding hydrogens is 194 g/mol. The number of nitrogens with zero attached hydrogens (tertiary/aromatic N) is 1. The summed E-state index contributed by atoms with van der Waals surface area (Å²) in [7, 11) is 0. The van der Waals surface area contributed by atoms with Crippen LogP contribution in [-0.2, 0) is 14.3 Å². The van der Waals surface area contributed by atoms with Gasteiger partial charge in [-0.05, 0) is 27.7 Å². The zero-order chi connectivity index (χ0) is 11.6. The smallest absolute Gasteiger partial charge is 0.336 e. The van der Waals surface area contributed by atoms with Gasteiger partial charge in [0.1, 0.15) is 0 Å². The number of Topliss-reactive ketones (excluding diaryl/α,β-unsaturated/α-hetero) is 1. The molecule has 0 radical (unpaired) electrons. The van der Waals surface area contributed by atoms with Crippen LogP contribution in [-0.4, -0.2) is 23.6 Å². The zero-order valence-electron chi connectivity index (χ0n) is 9.46. The van der Waals surface area contributed by atoms with Crippen molar-refractivity contribution in [2.24, 2.45) is 4.99 Å². The molecule has 0 amide bonds. The first-order chi connectivity index (χ1) is 6.90. The summed E-state index contributed by atoms with van der Waals surface area (Å²) in [5.74, 6) is -0.619. The second-order valence-electron chi connectivity index (χ2n) is 3.81. The van der Waals surface area contributed by atoms with E-state index in [0.717, 1.165) is 0 Å². The van der Waals surface area contributed by atoms with Crippen LogP contribution in [0.15, 0.2) is 16.3 Å². The van der Waals surface area contributed by atoms with E-state index in [0.29, 0.717) is 17.7 Å². The van der Waals surface area contributed by atoms with Crippen LogP contribution < -0.4 is 0 Å². The topological polar surface area (TPSA) is 55.7 Å². The van der Waals surface area contributed by atoms with Crippen LogP contribution >= 0.6 is 0 Å². The molecule has 1 heterocycles. The van der Waals surface area contributed by atoms with E-state index in [2.05, 4.69) is 4.99 Å². The standard InChI is InChI=1S/C11H15NO3/c1-5-12-9-6-11(4,8(3)13)15-10(14)7(9)2/h5H,6H2,1-4H3. The lowest BCUT2D eigenvalue weighted by Crippen LogP contribution is -2.42. The van der Waals surface area contributed by atoms with Gasteiger partial charge in [-0.3, -0.25) is 9.79 Å². The van der Waals surface area contributed by atoms with Gasteiger partial charge >= 0.3 is 5.97 Å². The number of ether oxygens (including phenoxy) is 1. The summed E-state index contributed by atoms with van der Waals surface area (Å²) in [4.78, 5) is 27.0. The van der Waals surface area contributed by atoms with Gasteiger partial charge in [-0.25, -0.2) is 4.79 Å². The second-order valence-corrected chi connectivity index (χ2v) is 3.81. The molecule has 4 heteroatoms. The quantitative estimate of drug-likeness (QED) is 0.513. The van der Waals surface area contributed by atoms with Gasteiger partial charge in [-0.1, -0.05) is 0 Å². The van der Waals surface area contributed by atoms with Crippen LogP contribution in [0.3, 0.4) is 0 Å². The molecule has 0 aromatic rings. The molecule has 1 atom stereocenters. The molecular formula is C11H15NO3. The number of ketones is 1. The summed E-state index contributed by atoms with van der Waals surface area (Å²) in [5, 5.41) is 0. The third-order valence-electron chi connectivity index (χ3n) is 2.59. The SMILES string of the molecule is CC=NC1=C(C)C(=O)OC(C)(C(C)=O)C1. The number of carbonyl (C=O) groups excluding carboxylic acids is 2. The molecule has 1 unspecified atom stereocenters. The Balaban J connectivity index is 3.12. The van der Waals surface area contributed by atoms with Gasteiger partial charge in [-0.15, -0.1) is 0 Å². The van der Waals surface area contributed by atoms with Crippen molar-refractivity contribution < 1.29 is 14.3 Å². The molecule has 0 N–H and O–H groups in total. The van der Waals surface area contributed by atoms with Crippen LogP contribution in [0.2, 0.25) is 0 Å². The number of cyclic esters (lactones) is 1. The molecule has 0 bridgehead atoms. The predicted octanol–water partition coefficient (Wildman–Crippen LogP) is 1.65. The molecule has 0 aromatic carbocycles. The van der Waals surface area contributed by atoms with Gasteiger partial charge < -0.3 is 4.74 Å². The number of rotatable bonds is 2. The largest absolute Gasteiger partial charge is 0.448 e. The molecule has 1 aliphatic rings. The van der Waals surface area contributed by atoms with Gasteiger partial charge in [-0.2, -0.15) is 0 Å². The third kappa shape index (κ3) is 2.14. The summed E-state index contributed by atoms with van der Waals surface area (Å²) < 4.78 is 5.10. The number of esters is 1. The fourth-order valence-electron chi connectivity index (χ4n) is 1.38. The molecule has 0 aliphatic carbocycles. The van der Waals surface area contributed by atoms with Crippen molar-refractivity contribution in [2.75, 3.05) is 0 Å². The Kier molecular flexibility index (Phi) is 3.07. The minimum absolute atomic E-state index is 0.160. The highest BCUT2D eigenvalue weighted by Crippen LogP contribution is 2.31. The van der Waals surface area contributed by atoms with Crippen molar-refractivity contribution in [3.63, 3.8) is 0 Å². The average molecular weight is 209 g/mol. The van der Waals surface area contributed by atoms with Crippen molar-refractivity contribution >= 4 is 18.0 Å². The molecule has 1 rings (SSSR count). The van der Waals surface area contributed by atoms with E-state index in [9.17, 15) is 9.59 Å². The lowest BCUT2D eigenvalue weighted by atomic mass is 9.91. The molecule has 0 saturated heterocycles. The first kappa shape index (κ1) is 11.6. The summed E-state index contributed by atoms with van der Waals surface area (Å²) >= 11 is 0. The highest BCUT2D eigenvalue weighted by atomic mass is 16.6. The lowest BCUT2D eigenvalue weighted by molar-refractivity contribution is -0.163. The maximum atomic E-state index is 11.5. The molecule has 0 saturated carbocycles. The summed E-state index contributed by atoms with van der Waals surface area (Å²) in [6, 6.07) is 0. The fourth-order valence-corrected chi connectivity index (χ4v) is 1.38. The summed E-state index contributed by atoms with van der Waals surface area (Å²) in [5.41, 5.74) is 0.0524. The van der Waals surface area contributed by atoms with Crippen molar-refractivity contribution in [3.8, 4) is 0 Å². The van der Waals surface area contributed by atoms with E-state index in [-0.39, 0.29) is 5.78 Å². The van der Waals surface area contributed by atoms with Crippen LogP contribution in [0.4, 0.5) is 0 Å². The Morgan fingerprint density at radius 1 is 1.60 bits per heavy atom. The van der Waals surface area contributed by atoms with E-state index >= 15 is 0 Å². The fraction of sp³-hybridized carbons (Fsp3) is 0.545. The summed E-state index contributed by atoms with van der Waals surface area (Å²) in [6.45, 7) is 6.46. The maximum Gasteiger partial charge on any atom is 0.336 e. The van der Waals surface area contributed by atoms with Crippen molar-refractivity contribution in [3.05, 3.63) is 11.3 Å². The molecule has 0 aromatic heterocycles. The van der Waals surface area contributed by atoms with Gasteiger partial charge in [0.15, 0.2) is 11.4 Å². The van der Waals surface area contributed by atoms with E-state index < -0.39 is 11.6 Å². The Hall–Kier alpha value is -1.45. The first-order valence-corrected chi connectivity index (χ1v) is 4.83. The number of hydrogen-bond acceptors (Lipinski definition) is 4. The summed E-state index contributed by atoms with van der Waals surface area (Å²) in [6.07, 6.45) is 1.96. The van der Waals surface area contributed by atoms with E-state index in [4.69, 9.17) is 4.74 Å². The Bertz CT molecular complexity index is 368. The average Bonchev–Trinajstić information content (AvgIpc) is 2.14. The van der Waals surface area contributed by atoms with Crippen LogP contribution in [0.25, 0.3) is 0 Å². The maximum absolute atomic E-state index is 11.5. The van der Waals surface area contributed by atoms with Crippen LogP contribution in [0.1, 0.15) is 34.1 Å². The number of aliphatic imine (C=N–C) groups is 1. The van der Waals surface area contributed by atoms with Crippen LogP contribution in [0.5, 0.6) is 0 Å². The second kappa shape index (κ2) is 3.96. The Labute approximate surface area is 89.0 Å². The van der Waals surface area contributed by atoms with Crippen molar-refractivity contribution in [1.82, 2.24) is 0 Å². The lowest BCUT2D eigenvalue weighted by Gasteiger charge is -2.31. The first-order valence-electron chi connectivity index (χ1n) is 4.83. The van der Waals surface area contributed by atoms with Gasteiger partial charge in [0.25, 0.3) is 0 Å². The molecule has 15 heavy (non-hydrogen) atoms. The van der Waals surface area contributed by atoms with Crippen LogP contribution in [0, 0.1) is 0 Å². The van der Waals surface area contributed by atoms with E-state index in [1.54, 1.807) is 27.0 Å². The zero-order valence-corrected chi connectivity index (χ0v) is 9.46. The molecule has 0 fully saturated rings. The van der Waals surface area contributed by atoms with Crippen molar-refractivity contribution in [2.45, 2.75) is 39.7 Å². The van der Waals surface area contributed by atoms with Crippen molar-refractivity contribution in [1.29, 1.82) is 0 Å². The Morgan fingerprint density at radius 2 is 2.20 bits per heavy atom. The highest BCUT2D eigenvalue weighted by Gasteiger charge is 2.40. The third-order valence-corrected chi connectivity index (χ3v) is 2.59. The van der Waals surface area contributed by atoms with Gasteiger partial charge in [0.2, 0.25) is 0 Å². The normalized spacial score (nSPS) is 27.1.